The maximum atomic E-state index is 13.3. The molecule has 8 heteroatoms. The number of anilines is 1. The number of rotatable bonds is 6. The second-order valence-corrected chi connectivity index (χ2v) is 10.3. The Morgan fingerprint density at radius 3 is 2.46 bits per heavy atom. The summed E-state index contributed by atoms with van der Waals surface area (Å²) in [6.45, 7) is 7.27. The van der Waals surface area contributed by atoms with Crippen LogP contribution in [0.3, 0.4) is 0 Å². The van der Waals surface area contributed by atoms with Gasteiger partial charge < -0.3 is 25.3 Å². The first-order chi connectivity index (χ1) is 18.8. The monoisotopic (exact) mass is 526 g/mol. The Hall–Kier alpha value is -4.33. The molecule has 0 spiro atoms. The number of hydrogen-bond donors (Lipinski definition) is 3. The number of hydrogen-bond acceptors (Lipinski definition) is 4. The lowest BCUT2D eigenvalue weighted by Gasteiger charge is -2.27. The lowest BCUT2D eigenvalue weighted by atomic mass is 10.0. The third kappa shape index (κ3) is 5.19. The number of nitrogens with zero attached hydrogens (tertiary/aromatic N) is 1. The van der Waals surface area contributed by atoms with Crippen LogP contribution in [0, 0.1) is 13.8 Å². The molecule has 3 amide bonds. The summed E-state index contributed by atoms with van der Waals surface area (Å²) in [5, 5.41) is 5.91. The zero-order valence-corrected chi connectivity index (χ0v) is 22.8. The van der Waals surface area contributed by atoms with Gasteiger partial charge in [-0.05, 0) is 87.6 Å². The zero-order valence-electron chi connectivity index (χ0n) is 22.8. The number of amides is 3. The number of aromatic amines is 1. The van der Waals surface area contributed by atoms with Crippen LogP contribution in [-0.2, 0) is 4.79 Å². The molecule has 0 radical (unpaired) electrons. The Morgan fingerprint density at radius 2 is 1.77 bits per heavy atom. The Balaban J connectivity index is 1.40. The molecule has 3 N–H and O–H groups in total. The van der Waals surface area contributed by atoms with Crippen LogP contribution in [0.15, 0.2) is 42.5 Å². The van der Waals surface area contributed by atoms with Crippen LogP contribution in [0.1, 0.15) is 81.0 Å². The summed E-state index contributed by atoms with van der Waals surface area (Å²) in [5.74, 6) is 0.306. The third-order valence-electron chi connectivity index (χ3n) is 7.65. The van der Waals surface area contributed by atoms with E-state index in [4.69, 9.17) is 4.74 Å². The summed E-state index contributed by atoms with van der Waals surface area (Å²) in [7, 11) is 1.61. The Labute approximate surface area is 228 Å². The predicted octanol–water partition coefficient (Wildman–Crippen LogP) is 5.25. The quantitative estimate of drug-likeness (QED) is 0.382. The van der Waals surface area contributed by atoms with Crippen molar-refractivity contribution < 1.29 is 19.1 Å². The first kappa shape index (κ1) is 26.3. The fraction of sp³-hybridized carbons (Fsp3) is 0.323. The highest BCUT2D eigenvalue weighted by Crippen LogP contribution is 2.35. The second-order valence-electron chi connectivity index (χ2n) is 10.3. The number of carbonyl (C=O) groups is 3. The topological polar surface area (TPSA) is 104 Å². The molecule has 3 aromatic rings. The first-order valence-electron chi connectivity index (χ1n) is 13.4. The van der Waals surface area contributed by atoms with Crippen LogP contribution in [0.4, 0.5) is 5.69 Å². The summed E-state index contributed by atoms with van der Waals surface area (Å²) in [4.78, 5) is 44.5. The van der Waals surface area contributed by atoms with Crippen LogP contribution >= 0.6 is 0 Å². The lowest BCUT2D eigenvalue weighted by molar-refractivity contribution is -0.110. The van der Waals surface area contributed by atoms with E-state index in [0.717, 1.165) is 54.9 Å². The minimum atomic E-state index is -0.246. The standard InChI is InChI=1S/C31H34N4O4/c1-18-27(32-20(3)28(18)31(38)35-14-6-5-7-15-35)17-25-24-16-22(10-13-26(24)34-30(25)37)29(36)33-19(2)21-8-11-23(39-4)12-9-21/h8-13,16-17,19,32H,5-7,14-15H2,1-4H3,(H,33,36)(H,34,37)/t19-/m0/s1. The van der Waals surface area contributed by atoms with Crippen LogP contribution < -0.4 is 15.4 Å². The summed E-state index contributed by atoms with van der Waals surface area (Å²) >= 11 is 0. The largest absolute Gasteiger partial charge is 0.497 e. The van der Waals surface area contributed by atoms with Crippen molar-refractivity contribution in [1.82, 2.24) is 15.2 Å². The summed E-state index contributed by atoms with van der Waals surface area (Å²) in [6.07, 6.45) is 4.98. The molecule has 0 unspecified atom stereocenters. The van der Waals surface area contributed by atoms with Gasteiger partial charge in [-0.2, -0.15) is 0 Å². The fourth-order valence-electron chi connectivity index (χ4n) is 5.37. The molecule has 202 valence electrons. The number of aryl methyl sites for hydroxylation is 1. The van der Waals surface area contributed by atoms with Gasteiger partial charge in [0, 0.05) is 41.3 Å². The van der Waals surface area contributed by atoms with Crippen molar-refractivity contribution in [3.63, 3.8) is 0 Å². The van der Waals surface area contributed by atoms with E-state index < -0.39 is 0 Å². The smallest absolute Gasteiger partial charge is 0.256 e. The van der Waals surface area contributed by atoms with Gasteiger partial charge in [-0.15, -0.1) is 0 Å². The van der Waals surface area contributed by atoms with Crippen LogP contribution in [0.25, 0.3) is 11.6 Å². The number of carbonyl (C=O) groups excluding carboxylic acids is 3. The maximum Gasteiger partial charge on any atom is 0.256 e. The summed E-state index contributed by atoms with van der Waals surface area (Å²) in [5.41, 5.74) is 6.15. The molecular formula is C31H34N4O4. The molecule has 0 bridgehead atoms. The van der Waals surface area contributed by atoms with Crippen molar-refractivity contribution in [2.75, 3.05) is 25.5 Å². The molecule has 1 fully saturated rings. The molecule has 2 aliphatic heterocycles. The van der Waals surface area contributed by atoms with E-state index in [9.17, 15) is 14.4 Å². The highest BCUT2D eigenvalue weighted by Gasteiger charge is 2.28. The highest BCUT2D eigenvalue weighted by atomic mass is 16.5. The molecule has 0 aliphatic carbocycles. The fourth-order valence-corrected chi connectivity index (χ4v) is 5.37. The number of nitrogens with one attached hydrogen (secondary N) is 3. The average Bonchev–Trinajstić information content (AvgIpc) is 3.42. The minimum absolute atomic E-state index is 0.0341. The van der Waals surface area contributed by atoms with Gasteiger partial charge in [-0.1, -0.05) is 12.1 Å². The number of H-pyrrole nitrogens is 1. The molecule has 0 saturated carbocycles. The van der Waals surface area contributed by atoms with Gasteiger partial charge in [0.25, 0.3) is 17.7 Å². The Bertz CT molecular complexity index is 1460. The van der Waals surface area contributed by atoms with Gasteiger partial charge in [0.1, 0.15) is 5.75 Å². The van der Waals surface area contributed by atoms with Crippen molar-refractivity contribution in [1.29, 1.82) is 0 Å². The van der Waals surface area contributed by atoms with Crippen LogP contribution in [-0.4, -0.2) is 47.8 Å². The molecule has 2 aliphatic rings. The van der Waals surface area contributed by atoms with Gasteiger partial charge >= 0.3 is 0 Å². The Morgan fingerprint density at radius 1 is 1.05 bits per heavy atom. The second kappa shape index (κ2) is 10.8. The maximum absolute atomic E-state index is 13.3. The van der Waals surface area contributed by atoms with Gasteiger partial charge in [-0.3, -0.25) is 14.4 Å². The number of piperidine rings is 1. The SMILES string of the molecule is COc1ccc([C@H](C)NC(=O)c2ccc3c(c2)C(=Cc2[nH]c(C)c(C(=O)N4CCCCC4)c2C)C(=O)N3)cc1. The molecule has 1 saturated heterocycles. The van der Waals surface area contributed by atoms with Crippen molar-refractivity contribution in [2.24, 2.45) is 0 Å². The molecule has 5 rings (SSSR count). The van der Waals surface area contributed by atoms with Crippen molar-refractivity contribution in [3.05, 3.63) is 81.7 Å². The molecule has 1 atom stereocenters. The highest BCUT2D eigenvalue weighted by molar-refractivity contribution is 6.35. The van der Waals surface area contributed by atoms with Crippen molar-refractivity contribution >= 4 is 35.1 Å². The molecular weight excluding hydrogens is 492 g/mol. The number of likely N-dealkylation sites (tertiary alicyclic amines) is 1. The van der Waals surface area contributed by atoms with E-state index in [1.54, 1.807) is 31.4 Å². The van der Waals surface area contributed by atoms with Crippen LogP contribution in [0.5, 0.6) is 5.75 Å². The van der Waals surface area contributed by atoms with E-state index in [1.165, 1.54) is 0 Å². The third-order valence-corrected chi connectivity index (χ3v) is 7.65. The van der Waals surface area contributed by atoms with Crippen molar-refractivity contribution in [3.8, 4) is 5.75 Å². The molecule has 1 aromatic heterocycles. The van der Waals surface area contributed by atoms with E-state index in [2.05, 4.69) is 15.6 Å². The Kier molecular flexibility index (Phi) is 7.28. The summed E-state index contributed by atoms with van der Waals surface area (Å²) in [6, 6.07) is 12.5. The number of benzene rings is 2. The van der Waals surface area contributed by atoms with Gasteiger partial charge in [0.15, 0.2) is 0 Å². The molecule has 2 aromatic carbocycles. The van der Waals surface area contributed by atoms with E-state index in [1.807, 2.05) is 49.9 Å². The normalized spacial score (nSPS) is 16.6. The molecule has 39 heavy (non-hydrogen) atoms. The number of methoxy groups -OCH3 is 1. The number of ether oxygens (including phenoxy) is 1. The van der Waals surface area contributed by atoms with Crippen molar-refractivity contribution in [2.45, 2.75) is 46.1 Å². The first-order valence-corrected chi connectivity index (χ1v) is 13.4. The number of aromatic nitrogens is 1. The zero-order chi connectivity index (χ0) is 27.7. The molecule has 8 nitrogen and oxygen atoms in total. The van der Waals surface area contributed by atoms with E-state index >= 15 is 0 Å². The van der Waals surface area contributed by atoms with E-state index in [0.29, 0.717) is 33.6 Å². The van der Waals surface area contributed by atoms with Gasteiger partial charge in [0.2, 0.25) is 0 Å². The number of fused-ring (bicyclic) bond motifs is 1. The van der Waals surface area contributed by atoms with E-state index in [-0.39, 0.29) is 23.8 Å². The lowest BCUT2D eigenvalue weighted by Crippen LogP contribution is -2.36. The average molecular weight is 527 g/mol. The van der Waals surface area contributed by atoms with Gasteiger partial charge in [0.05, 0.1) is 24.3 Å². The molecule has 3 heterocycles. The van der Waals surface area contributed by atoms with Crippen LogP contribution in [0.2, 0.25) is 0 Å². The minimum Gasteiger partial charge on any atom is -0.497 e. The summed E-state index contributed by atoms with van der Waals surface area (Å²) < 4.78 is 5.21. The predicted molar refractivity (Wildman–Crippen MR) is 152 cm³/mol. The van der Waals surface area contributed by atoms with Gasteiger partial charge in [-0.25, -0.2) is 0 Å².